The van der Waals surface area contributed by atoms with Gasteiger partial charge in [-0.25, -0.2) is 0 Å². The van der Waals surface area contributed by atoms with Gasteiger partial charge in [0, 0.05) is 18.4 Å². The van der Waals surface area contributed by atoms with Crippen molar-refractivity contribution in [2.45, 2.75) is 52.0 Å². The second-order valence-corrected chi connectivity index (χ2v) is 3.93. The molecule has 2 heteroatoms. The number of hydrogen-bond donors (Lipinski definition) is 1. The normalized spacial score (nSPS) is 28.8. The number of carbonyl (C=O) groups is 1. The van der Waals surface area contributed by atoms with Crippen molar-refractivity contribution < 1.29 is 4.79 Å². The van der Waals surface area contributed by atoms with Gasteiger partial charge in [-0.1, -0.05) is 13.8 Å². The molecular formula is C11H21NO. The molecule has 1 aliphatic carbocycles. The SMILES string of the molecule is CCNC1CCC(C(=O)CC)CC1. The molecule has 0 aromatic heterocycles. The third-order valence-electron chi connectivity index (χ3n) is 3.02. The molecule has 0 spiro atoms. The van der Waals surface area contributed by atoms with Gasteiger partial charge in [-0.05, 0) is 32.2 Å². The number of Topliss-reactive ketones (excluding diaryl/α,β-unsaturated/α-hetero) is 1. The number of ketones is 1. The van der Waals surface area contributed by atoms with Gasteiger partial charge in [-0.2, -0.15) is 0 Å². The summed E-state index contributed by atoms with van der Waals surface area (Å²) >= 11 is 0. The van der Waals surface area contributed by atoms with Crippen LogP contribution in [0.1, 0.15) is 46.0 Å². The molecule has 0 saturated heterocycles. The first-order valence-electron chi connectivity index (χ1n) is 5.54. The minimum Gasteiger partial charge on any atom is -0.314 e. The minimum absolute atomic E-state index is 0.375. The monoisotopic (exact) mass is 183 g/mol. The first kappa shape index (κ1) is 10.7. The summed E-state index contributed by atoms with van der Waals surface area (Å²) in [6.45, 7) is 5.17. The fraction of sp³-hybridized carbons (Fsp3) is 0.909. The van der Waals surface area contributed by atoms with E-state index in [1.165, 1.54) is 12.8 Å². The van der Waals surface area contributed by atoms with Crippen molar-refractivity contribution in [2.75, 3.05) is 6.54 Å². The Labute approximate surface area is 81.1 Å². The van der Waals surface area contributed by atoms with Gasteiger partial charge in [0.2, 0.25) is 0 Å². The van der Waals surface area contributed by atoms with Crippen molar-refractivity contribution in [3.63, 3.8) is 0 Å². The van der Waals surface area contributed by atoms with Crippen LogP contribution in [0, 0.1) is 5.92 Å². The van der Waals surface area contributed by atoms with E-state index in [9.17, 15) is 4.79 Å². The van der Waals surface area contributed by atoms with Crippen LogP contribution in [-0.2, 0) is 4.79 Å². The van der Waals surface area contributed by atoms with Crippen LogP contribution in [0.15, 0.2) is 0 Å². The summed E-state index contributed by atoms with van der Waals surface area (Å²) in [6, 6.07) is 0.672. The van der Waals surface area contributed by atoms with Crippen LogP contribution in [0.3, 0.4) is 0 Å². The summed E-state index contributed by atoms with van der Waals surface area (Å²) in [5.41, 5.74) is 0. The topological polar surface area (TPSA) is 29.1 Å². The lowest BCUT2D eigenvalue weighted by atomic mass is 9.83. The Morgan fingerprint density at radius 1 is 1.23 bits per heavy atom. The highest BCUT2D eigenvalue weighted by Gasteiger charge is 2.24. The van der Waals surface area contributed by atoms with Crippen molar-refractivity contribution in [2.24, 2.45) is 5.92 Å². The van der Waals surface area contributed by atoms with E-state index in [1.807, 2.05) is 6.92 Å². The van der Waals surface area contributed by atoms with Crippen molar-refractivity contribution in [3.8, 4) is 0 Å². The van der Waals surface area contributed by atoms with E-state index in [2.05, 4.69) is 12.2 Å². The van der Waals surface area contributed by atoms with E-state index >= 15 is 0 Å². The van der Waals surface area contributed by atoms with Crippen LogP contribution in [0.25, 0.3) is 0 Å². The molecule has 0 unspecified atom stereocenters. The highest BCUT2D eigenvalue weighted by Crippen LogP contribution is 2.25. The molecule has 1 aliphatic rings. The Hall–Kier alpha value is -0.370. The van der Waals surface area contributed by atoms with Crippen LogP contribution in [0.5, 0.6) is 0 Å². The van der Waals surface area contributed by atoms with E-state index in [0.717, 1.165) is 25.8 Å². The van der Waals surface area contributed by atoms with E-state index in [0.29, 0.717) is 17.7 Å². The predicted octanol–water partition coefficient (Wildman–Crippen LogP) is 2.13. The summed E-state index contributed by atoms with van der Waals surface area (Å²) in [6.07, 6.45) is 5.29. The van der Waals surface area contributed by atoms with Gasteiger partial charge in [-0.15, -0.1) is 0 Å². The van der Waals surface area contributed by atoms with Gasteiger partial charge in [-0.3, -0.25) is 4.79 Å². The first-order valence-corrected chi connectivity index (χ1v) is 5.54. The molecule has 76 valence electrons. The standard InChI is InChI=1S/C11H21NO/c1-3-11(13)9-5-7-10(8-6-9)12-4-2/h9-10,12H,3-8H2,1-2H3. The van der Waals surface area contributed by atoms with Gasteiger partial charge in [0.25, 0.3) is 0 Å². The molecule has 0 heterocycles. The van der Waals surface area contributed by atoms with Gasteiger partial charge in [0.1, 0.15) is 5.78 Å². The van der Waals surface area contributed by atoms with E-state index in [4.69, 9.17) is 0 Å². The second-order valence-electron chi connectivity index (χ2n) is 3.93. The van der Waals surface area contributed by atoms with Gasteiger partial charge >= 0.3 is 0 Å². The maximum absolute atomic E-state index is 11.4. The molecule has 2 nitrogen and oxygen atoms in total. The van der Waals surface area contributed by atoms with E-state index < -0.39 is 0 Å². The third kappa shape index (κ3) is 3.11. The van der Waals surface area contributed by atoms with Crippen molar-refractivity contribution in [1.29, 1.82) is 0 Å². The first-order chi connectivity index (χ1) is 6.27. The van der Waals surface area contributed by atoms with E-state index in [1.54, 1.807) is 0 Å². The Morgan fingerprint density at radius 3 is 2.31 bits per heavy atom. The van der Waals surface area contributed by atoms with Crippen LogP contribution >= 0.6 is 0 Å². The highest BCUT2D eigenvalue weighted by molar-refractivity contribution is 5.80. The molecule has 0 amide bonds. The van der Waals surface area contributed by atoms with Gasteiger partial charge in [0.05, 0.1) is 0 Å². The third-order valence-corrected chi connectivity index (χ3v) is 3.02. The summed E-state index contributed by atoms with van der Waals surface area (Å²) in [5.74, 6) is 0.842. The summed E-state index contributed by atoms with van der Waals surface area (Å²) in [5, 5.41) is 3.45. The smallest absolute Gasteiger partial charge is 0.135 e. The van der Waals surface area contributed by atoms with Crippen LogP contribution in [0.4, 0.5) is 0 Å². The molecule has 0 atom stereocenters. The van der Waals surface area contributed by atoms with Crippen molar-refractivity contribution in [3.05, 3.63) is 0 Å². The predicted molar refractivity (Wildman–Crippen MR) is 54.7 cm³/mol. The molecule has 13 heavy (non-hydrogen) atoms. The average Bonchev–Trinajstić information content (AvgIpc) is 2.18. The van der Waals surface area contributed by atoms with Crippen molar-refractivity contribution in [1.82, 2.24) is 5.32 Å². The zero-order valence-corrected chi connectivity index (χ0v) is 8.81. The Balaban J connectivity index is 2.26. The fourth-order valence-electron chi connectivity index (χ4n) is 2.20. The molecule has 0 bridgehead atoms. The zero-order chi connectivity index (χ0) is 9.68. The van der Waals surface area contributed by atoms with E-state index in [-0.39, 0.29) is 0 Å². The Kier molecular flexibility index (Phi) is 4.43. The zero-order valence-electron chi connectivity index (χ0n) is 8.81. The molecule has 1 N–H and O–H groups in total. The number of nitrogens with one attached hydrogen (secondary N) is 1. The van der Waals surface area contributed by atoms with Gasteiger partial charge < -0.3 is 5.32 Å². The highest BCUT2D eigenvalue weighted by atomic mass is 16.1. The maximum Gasteiger partial charge on any atom is 0.135 e. The molecular weight excluding hydrogens is 162 g/mol. The molecule has 0 radical (unpaired) electrons. The molecule has 0 aromatic carbocycles. The summed E-state index contributed by atoms with van der Waals surface area (Å²) < 4.78 is 0. The molecule has 0 aliphatic heterocycles. The van der Waals surface area contributed by atoms with Gasteiger partial charge in [0.15, 0.2) is 0 Å². The average molecular weight is 183 g/mol. The molecule has 1 saturated carbocycles. The van der Waals surface area contributed by atoms with Crippen LogP contribution in [0.2, 0.25) is 0 Å². The Morgan fingerprint density at radius 2 is 1.85 bits per heavy atom. The fourth-order valence-corrected chi connectivity index (χ4v) is 2.20. The summed E-state index contributed by atoms with van der Waals surface area (Å²) in [4.78, 5) is 11.4. The van der Waals surface area contributed by atoms with Crippen molar-refractivity contribution >= 4 is 5.78 Å². The lowest BCUT2D eigenvalue weighted by Gasteiger charge is -2.27. The number of hydrogen-bond acceptors (Lipinski definition) is 2. The van der Waals surface area contributed by atoms with Crippen LogP contribution in [-0.4, -0.2) is 18.4 Å². The summed E-state index contributed by atoms with van der Waals surface area (Å²) in [7, 11) is 0. The molecule has 1 rings (SSSR count). The second kappa shape index (κ2) is 5.38. The minimum atomic E-state index is 0.375. The lowest BCUT2D eigenvalue weighted by Crippen LogP contribution is -2.34. The molecule has 1 fully saturated rings. The quantitative estimate of drug-likeness (QED) is 0.723. The number of rotatable bonds is 4. The van der Waals surface area contributed by atoms with Crippen LogP contribution < -0.4 is 5.32 Å². The lowest BCUT2D eigenvalue weighted by molar-refractivity contribution is -0.123. The Bertz CT molecular complexity index is 159. The molecule has 0 aromatic rings. The number of carbonyl (C=O) groups excluding carboxylic acids is 1. The largest absolute Gasteiger partial charge is 0.314 e. The maximum atomic E-state index is 11.4.